The fourth-order valence-electron chi connectivity index (χ4n) is 1.71. The van der Waals surface area contributed by atoms with E-state index in [1.165, 1.54) is 49.6 Å². The zero-order valence-corrected chi connectivity index (χ0v) is 12.1. The summed E-state index contributed by atoms with van der Waals surface area (Å²) in [6, 6.07) is 8.56. The lowest BCUT2D eigenvalue weighted by Gasteiger charge is -2.13. The Kier molecular flexibility index (Phi) is 4.98. The van der Waals surface area contributed by atoms with E-state index in [-0.39, 0.29) is 16.9 Å². The molecule has 1 unspecified atom stereocenters. The Balaban J connectivity index is 1.99. The number of benzene rings is 1. The van der Waals surface area contributed by atoms with Crippen LogP contribution in [0.5, 0.6) is 0 Å². The third-order valence-electron chi connectivity index (χ3n) is 2.87. The van der Waals surface area contributed by atoms with E-state index >= 15 is 0 Å². The van der Waals surface area contributed by atoms with Crippen LogP contribution in [0.1, 0.15) is 17.3 Å². The Morgan fingerprint density at radius 3 is 2.74 bits per heavy atom. The molecular weight excluding hydrogens is 302 g/mol. The van der Waals surface area contributed by atoms with Gasteiger partial charge in [0.25, 0.3) is 11.6 Å². The average Bonchev–Trinajstić information content (AvgIpc) is 2.55. The number of ether oxygens (including phenoxy) is 1. The number of carbonyl (C=O) groups is 2. The first kappa shape index (κ1) is 16.1. The Morgan fingerprint density at radius 1 is 1.30 bits per heavy atom. The first-order valence-corrected chi connectivity index (χ1v) is 6.63. The number of hydrogen-bond acceptors (Lipinski definition) is 6. The molecule has 118 valence electrons. The first-order chi connectivity index (χ1) is 11.0. The number of aromatic nitrogens is 1. The maximum absolute atomic E-state index is 12.0. The van der Waals surface area contributed by atoms with E-state index in [0.717, 1.165) is 0 Å². The van der Waals surface area contributed by atoms with Gasteiger partial charge in [-0.1, -0.05) is 6.07 Å². The summed E-state index contributed by atoms with van der Waals surface area (Å²) in [5, 5.41) is 13.2. The highest BCUT2D eigenvalue weighted by Crippen LogP contribution is 2.17. The van der Waals surface area contributed by atoms with Crippen molar-refractivity contribution >= 4 is 23.3 Å². The minimum absolute atomic E-state index is 0.150. The first-order valence-electron chi connectivity index (χ1n) is 6.63. The number of nitrogens with zero attached hydrogens (tertiary/aromatic N) is 2. The highest BCUT2D eigenvalue weighted by Gasteiger charge is 2.19. The lowest BCUT2D eigenvalue weighted by Crippen LogP contribution is -2.30. The van der Waals surface area contributed by atoms with E-state index in [2.05, 4.69) is 10.3 Å². The molecule has 2 rings (SSSR count). The number of anilines is 1. The molecule has 1 amide bonds. The third-order valence-corrected chi connectivity index (χ3v) is 2.87. The SMILES string of the molecule is CC(OC(=O)c1cccnc1)C(=O)Nc1cccc([N+](=O)[O-])c1. The van der Waals surface area contributed by atoms with Crippen LogP contribution in [-0.2, 0) is 9.53 Å². The molecule has 0 fully saturated rings. The fraction of sp³-hybridized carbons (Fsp3) is 0.133. The minimum atomic E-state index is -1.07. The molecule has 1 heterocycles. The normalized spacial score (nSPS) is 11.3. The minimum Gasteiger partial charge on any atom is -0.449 e. The molecule has 0 bridgehead atoms. The van der Waals surface area contributed by atoms with Gasteiger partial charge in [-0.3, -0.25) is 19.9 Å². The van der Waals surface area contributed by atoms with Crippen LogP contribution >= 0.6 is 0 Å². The van der Waals surface area contributed by atoms with Crippen LogP contribution in [-0.4, -0.2) is 27.9 Å². The number of non-ortho nitro benzene ring substituents is 1. The van der Waals surface area contributed by atoms with Crippen LogP contribution in [0.15, 0.2) is 48.8 Å². The summed E-state index contributed by atoms with van der Waals surface area (Å²) in [5.41, 5.74) is 0.318. The van der Waals surface area contributed by atoms with Gasteiger partial charge < -0.3 is 10.1 Å². The van der Waals surface area contributed by atoms with Gasteiger partial charge in [0.15, 0.2) is 6.10 Å². The second kappa shape index (κ2) is 7.12. The lowest BCUT2D eigenvalue weighted by molar-refractivity contribution is -0.384. The molecule has 0 aliphatic rings. The van der Waals surface area contributed by atoms with Gasteiger partial charge in [-0.05, 0) is 25.1 Å². The molecule has 8 nitrogen and oxygen atoms in total. The van der Waals surface area contributed by atoms with E-state index in [0.29, 0.717) is 0 Å². The second-order valence-electron chi connectivity index (χ2n) is 4.59. The van der Waals surface area contributed by atoms with Crippen LogP contribution in [0.3, 0.4) is 0 Å². The van der Waals surface area contributed by atoms with E-state index in [1.54, 1.807) is 6.07 Å². The van der Waals surface area contributed by atoms with Gasteiger partial charge in [0.2, 0.25) is 0 Å². The van der Waals surface area contributed by atoms with Gasteiger partial charge in [0.05, 0.1) is 10.5 Å². The van der Waals surface area contributed by atoms with Crippen molar-refractivity contribution in [2.75, 3.05) is 5.32 Å². The molecular formula is C15H13N3O5. The summed E-state index contributed by atoms with van der Waals surface area (Å²) in [6.45, 7) is 1.40. The Hall–Kier alpha value is -3.29. The van der Waals surface area contributed by atoms with Crippen molar-refractivity contribution in [3.63, 3.8) is 0 Å². The van der Waals surface area contributed by atoms with Crippen LogP contribution < -0.4 is 5.32 Å². The summed E-state index contributed by atoms with van der Waals surface area (Å²) in [4.78, 5) is 37.7. The lowest BCUT2D eigenvalue weighted by atomic mass is 10.2. The number of rotatable bonds is 5. The molecule has 1 atom stereocenters. The molecule has 23 heavy (non-hydrogen) atoms. The number of esters is 1. The van der Waals surface area contributed by atoms with Gasteiger partial charge >= 0.3 is 5.97 Å². The van der Waals surface area contributed by atoms with Crippen LogP contribution in [0, 0.1) is 10.1 Å². The predicted octanol–water partition coefficient (Wildman–Crippen LogP) is 2.17. The molecule has 0 saturated carbocycles. The van der Waals surface area contributed by atoms with Crippen molar-refractivity contribution in [2.45, 2.75) is 13.0 Å². The van der Waals surface area contributed by atoms with E-state index in [1.807, 2.05) is 0 Å². The molecule has 1 N–H and O–H groups in total. The Morgan fingerprint density at radius 2 is 2.09 bits per heavy atom. The number of hydrogen-bond donors (Lipinski definition) is 1. The van der Waals surface area contributed by atoms with Crippen molar-refractivity contribution in [3.05, 3.63) is 64.5 Å². The van der Waals surface area contributed by atoms with Gasteiger partial charge in [-0.25, -0.2) is 4.79 Å². The van der Waals surface area contributed by atoms with Gasteiger partial charge in [-0.2, -0.15) is 0 Å². The maximum Gasteiger partial charge on any atom is 0.340 e. The summed E-state index contributed by atoms with van der Waals surface area (Å²) >= 11 is 0. The molecule has 2 aromatic rings. The number of nitrogens with one attached hydrogen (secondary N) is 1. The highest BCUT2D eigenvalue weighted by atomic mass is 16.6. The zero-order valence-electron chi connectivity index (χ0n) is 12.1. The van der Waals surface area contributed by atoms with Crippen LogP contribution in [0.2, 0.25) is 0 Å². The monoisotopic (exact) mass is 315 g/mol. The molecule has 8 heteroatoms. The van der Waals surface area contributed by atoms with Crippen molar-refractivity contribution in [2.24, 2.45) is 0 Å². The van der Waals surface area contributed by atoms with Crippen molar-refractivity contribution < 1.29 is 19.2 Å². The topological polar surface area (TPSA) is 111 Å². The van der Waals surface area contributed by atoms with E-state index in [9.17, 15) is 19.7 Å². The number of nitro groups is 1. The van der Waals surface area contributed by atoms with Crippen molar-refractivity contribution in [1.82, 2.24) is 4.98 Å². The fourth-order valence-corrected chi connectivity index (χ4v) is 1.71. The molecule has 0 saturated heterocycles. The zero-order chi connectivity index (χ0) is 16.8. The number of carbonyl (C=O) groups excluding carboxylic acids is 2. The van der Waals surface area contributed by atoms with Gasteiger partial charge in [0.1, 0.15) is 0 Å². The second-order valence-corrected chi connectivity index (χ2v) is 4.59. The summed E-state index contributed by atoms with van der Waals surface area (Å²) < 4.78 is 5.02. The van der Waals surface area contributed by atoms with Crippen LogP contribution in [0.4, 0.5) is 11.4 Å². The van der Waals surface area contributed by atoms with Crippen molar-refractivity contribution in [1.29, 1.82) is 0 Å². The molecule has 0 aliphatic carbocycles. The molecule has 0 spiro atoms. The molecule has 0 aliphatic heterocycles. The molecule has 0 radical (unpaired) electrons. The largest absolute Gasteiger partial charge is 0.449 e. The highest BCUT2D eigenvalue weighted by molar-refractivity contribution is 5.97. The Labute approximate surface area is 131 Å². The van der Waals surface area contributed by atoms with Crippen molar-refractivity contribution in [3.8, 4) is 0 Å². The average molecular weight is 315 g/mol. The van der Waals surface area contributed by atoms with E-state index < -0.39 is 22.9 Å². The number of nitro benzene ring substituents is 1. The number of amides is 1. The Bertz CT molecular complexity index is 733. The summed E-state index contributed by atoms with van der Waals surface area (Å²) in [7, 11) is 0. The smallest absolute Gasteiger partial charge is 0.340 e. The standard InChI is InChI=1S/C15H13N3O5/c1-10(23-15(20)11-4-3-7-16-9-11)14(19)17-12-5-2-6-13(8-12)18(21)22/h2-10H,1H3,(H,17,19). The number of pyridine rings is 1. The van der Waals surface area contributed by atoms with Crippen LogP contribution in [0.25, 0.3) is 0 Å². The molecule has 1 aromatic carbocycles. The predicted molar refractivity (Wildman–Crippen MR) is 80.8 cm³/mol. The quantitative estimate of drug-likeness (QED) is 0.514. The molecule has 1 aromatic heterocycles. The van der Waals surface area contributed by atoms with E-state index in [4.69, 9.17) is 4.74 Å². The summed E-state index contributed by atoms with van der Waals surface area (Å²) in [5.74, 6) is -1.28. The van der Waals surface area contributed by atoms with Gasteiger partial charge in [-0.15, -0.1) is 0 Å². The van der Waals surface area contributed by atoms with Gasteiger partial charge in [0, 0.05) is 30.2 Å². The maximum atomic E-state index is 12.0. The third kappa shape index (κ3) is 4.34. The summed E-state index contributed by atoms with van der Waals surface area (Å²) in [6.07, 6.45) is 1.77.